The van der Waals surface area contributed by atoms with Crippen LogP contribution in [0.15, 0.2) is 24.3 Å². The van der Waals surface area contributed by atoms with Crippen molar-refractivity contribution in [3.05, 3.63) is 24.3 Å². The first-order chi connectivity index (χ1) is 11.7. The molecule has 0 aliphatic carbocycles. The van der Waals surface area contributed by atoms with E-state index in [1.165, 1.54) is 0 Å². The smallest absolute Gasteiger partial charge is 0.226 e. The molecule has 0 aromatic carbocycles. The highest BCUT2D eigenvalue weighted by atomic mass is 35.5. The Morgan fingerprint density at radius 2 is 1.96 bits per heavy atom. The van der Waals surface area contributed by atoms with Gasteiger partial charge in [-0.2, -0.15) is 0 Å². The molecule has 3 rings (SSSR count). The number of carbonyl (C=O) groups excluding carboxylic acids is 1. The Kier molecular flexibility index (Phi) is 8.52. The number of hydrogen-bond donors (Lipinski definition) is 2. The lowest BCUT2D eigenvalue weighted by Crippen LogP contribution is -2.44. The molecule has 2 aliphatic rings. The molecule has 1 spiro atoms. The topological polar surface area (TPSA) is 93.4 Å². The number of rotatable bonds is 5. The van der Waals surface area contributed by atoms with Gasteiger partial charge in [-0.1, -0.05) is 0 Å². The largest absolute Gasteiger partial charge is 0.486 e. The van der Waals surface area contributed by atoms with E-state index in [2.05, 4.69) is 20.2 Å². The van der Waals surface area contributed by atoms with Gasteiger partial charge in [0.25, 0.3) is 0 Å². The highest BCUT2D eigenvalue weighted by molar-refractivity contribution is 5.86. The molecule has 0 saturated carbocycles. The van der Waals surface area contributed by atoms with E-state index in [0.717, 1.165) is 38.9 Å². The summed E-state index contributed by atoms with van der Waals surface area (Å²) >= 11 is 0. The van der Waals surface area contributed by atoms with E-state index in [0.29, 0.717) is 23.6 Å². The molecule has 2 aliphatic heterocycles. The minimum absolute atomic E-state index is 0. The minimum atomic E-state index is -0.198. The highest BCUT2D eigenvalue weighted by Crippen LogP contribution is 2.38. The molecular weight excluding hydrogens is 384 g/mol. The van der Waals surface area contributed by atoms with E-state index in [1.54, 1.807) is 12.4 Å². The van der Waals surface area contributed by atoms with E-state index in [1.807, 2.05) is 0 Å². The molecule has 2 saturated heterocycles. The van der Waals surface area contributed by atoms with Crippen molar-refractivity contribution >= 4 is 36.7 Å². The lowest BCUT2D eigenvalue weighted by Gasteiger charge is -2.37. The lowest BCUT2D eigenvalue weighted by molar-refractivity contribution is -0.128. The van der Waals surface area contributed by atoms with Crippen molar-refractivity contribution in [2.24, 2.45) is 11.1 Å². The van der Waals surface area contributed by atoms with Gasteiger partial charge in [0.1, 0.15) is 6.61 Å². The van der Waals surface area contributed by atoms with Crippen LogP contribution in [0.3, 0.4) is 0 Å². The van der Waals surface area contributed by atoms with E-state index in [-0.39, 0.29) is 49.3 Å². The molecule has 0 bridgehead atoms. The molecule has 3 heterocycles. The van der Waals surface area contributed by atoms with Gasteiger partial charge in [0, 0.05) is 31.8 Å². The van der Waals surface area contributed by atoms with Gasteiger partial charge in [-0.3, -0.25) is 4.79 Å². The molecule has 7 nitrogen and oxygen atoms in total. The number of nitrogens with two attached hydrogens (primary N) is 1. The van der Waals surface area contributed by atoms with Gasteiger partial charge in [0.2, 0.25) is 11.9 Å². The first-order valence-electron chi connectivity index (χ1n) is 8.13. The Hall–Kier alpha value is -1.64. The van der Waals surface area contributed by atoms with Gasteiger partial charge in [0.15, 0.2) is 5.75 Å². The molecular formula is C16H24Cl2FN5O2. The summed E-state index contributed by atoms with van der Waals surface area (Å²) in [5.41, 5.74) is 5.55. The summed E-state index contributed by atoms with van der Waals surface area (Å²) in [6.07, 6.45) is 6.16. The zero-order valence-electron chi connectivity index (χ0n) is 14.3. The number of nitrogens with one attached hydrogen (secondary N) is 1. The summed E-state index contributed by atoms with van der Waals surface area (Å²) in [7, 11) is 0. The number of halogens is 3. The first-order valence-corrected chi connectivity index (χ1v) is 8.13. The van der Waals surface area contributed by atoms with Crippen LogP contribution in [-0.2, 0) is 4.79 Å². The standard InChI is InChI=1S/C16H22FN5O2.2ClH/c17-7-12(8-18)11-24-13-9-20-15(21-10-13)22-5-2-16(3-6-22)1-4-19-14(16)23;;/h7,9-10H,1-6,8,11,18H2,(H,19,23);2*1H/b12-7+;;. The Morgan fingerprint density at radius 3 is 2.46 bits per heavy atom. The first kappa shape index (κ1) is 22.4. The predicted molar refractivity (Wildman–Crippen MR) is 102 cm³/mol. The average molecular weight is 408 g/mol. The van der Waals surface area contributed by atoms with Crippen LogP contribution in [0.1, 0.15) is 19.3 Å². The van der Waals surface area contributed by atoms with Gasteiger partial charge in [-0.15, -0.1) is 24.8 Å². The highest BCUT2D eigenvalue weighted by Gasteiger charge is 2.44. The molecule has 2 fully saturated rings. The number of carbonyl (C=O) groups is 1. The summed E-state index contributed by atoms with van der Waals surface area (Å²) < 4.78 is 17.8. The van der Waals surface area contributed by atoms with Gasteiger partial charge < -0.3 is 20.7 Å². The maximum Gasteiger partial charge on any atom is 0.226 e. The number of nitrogens with zero attached hydrogens (tertiary/aromatic N) is 3. The fraction of sp³-hybridized carbons (Fsp3) is 0.562. The summed E-state index contributed by atoms with van der Waals surface area (Å²) in [4.78, 5) is 22.7. The summed E-state index contributed by atoms with van der Waals surface area (Å²) in [6.45, 7) is 2.49. The summed E-state index contributed by atoms with van der Waals surface area (Å²) in [5.74, 6) is 1.27. The molecule has 0 atom stereocenters. The van der Waals surface area contributed by atoms with Gasteiger partial charge >= 0.3 is 0 Å². The second kappa shape index (κ2) is 9.89. The quantitative estimate of drug-likeness (QED) is 0.769. The van der Waals surface area contributed by atoms with Gasteiger partial charge in [-0.05, 0) is 19.3 Å². The maximum absolute atomic E-state index is 12.4. The van der Waals surface area contributed by atoms with E-state index in [4.69, 9.17) is 10.5 Å². The van der Waals surface area contributed by atoms with E-state index < -0.39 is 0 Å². The van der Waals surface area contributed by atoms with Crippen LogP contribution >= 0.6 is 24.8 Å². The third kappa shape index (κ3) is 4.75. The SMILES string of the molecule is Cl.Cl.NC/C(=C\F)COc1cnc(N2CCC3(CCNC3=O)CC2)nc1. The number of piperidine rings is 1. The Bertz CT molecular complexity index is 622. The molecule has 1 aromatic heterocycles. The van der Waals surface area contributed by atoms with Crippen LogP contribution in [0.2, 0.25) is 0 Å². The van der Waals surface area contributed by atoms with Gasteiger partial charge in [-0.25, -0.2) is 14.4 Å². The number of amides is 1. The molecule has 1 aromatic rings. The third-order valence-corrected chi connectivity index (χ3v) is 4.83. The van der Waals surface area contributed by atoms with Crippen molar-refractivity contribution in [3.8, 4) is 5.75 Å². The van der Waals surface area contributed by atoms with Gasteiger partial charge in [0.05, 0.1) is 24.1 Å². The van der Waals surface area contributed by atoms with Crippen molar-refractivity contribution in [2.45, 2.75) is 19.3 Å². The monoisotopic (exact) mass is 407 g/mol. The maximum atomic E-state index is 12.4. The van der Waals surface area contributed by atoms with E-state index in [9.17, 15) is 9.18 Å². The zero-order valence-corrected chi connectivity index (χ0v) is 16.0. The summed E-state index contributed by atoms with van der Waals surface area (Å²) in [6, 6.07) is 0. The predicted octanol–water partition coefficient (Wildman–Crippen LogP) is 1.62. The van der Waals surface area contributed by atoms with Crippen molar-refractivity contribution < 1.29 is 13.9 Å². The van der Waals surface area contributed by atoms with Crippen LogP contribution < -0.4 is 20.7 Å². The van der Waals surface area contributed by atoms with Crippen LogP contribution in [0.4, 0.5) is 10.3 Å². The molecule has 10 heteroatoms. The number of aromatic nitrogens is 2. The number of anilines is 1. The summed E-state index contributed by atoms with van der Waals surface area (Å²) in [5, 5.41) is 2.93. The Morgan fingerprint density at radius 1 is 1.31 bits per heavy atom. The Labute approximate surface area is 164 Å². The van der Waals surface area contributed by atoms with Crippen LogP contribution in [0, 0.1) is 5.41 Å². The normalized spacial score (nSPS) is 18.8. The average Bonchev–Trinajstić information content (AvgIpc) is 2.97. The third-order valence-electron chi connectivity index (χ3n) is 4.83. The minimum Gasteiger partial charge on any atom is -0.486 e. The molecule has 3 N–H and O–H groups in total. The van der Waals surface area contributed by atoms with Crippen molar-refractivity contribution in [1.29, 1.82) is 0 Å². The molecule has 26 heavy (non-hydrogen) atoms. The van der Waals surface area contributed by atoms with Crippen molar-refractivity contribution in [2.75, 3.05) is 37.7 Å². The Balaban J connectivity index is 0.00000169. The van der Waals surface area contributed by atoms with Crippen molar-refractivity contribution in [3.63, 3.8) is 0 Å². The molecule has 0 radical (unpaired) electrons. The zero-order chi connectivity index (χ0) is 17.0. The second-order valence-electron chi connectivity index (χ2n) is 6.25. The lowest BCUT2D eigenvalue weighted by atomic mass is 9.77. The molecule has 1 amide bonds. The molecule has 146 valence electrons. The van der Waals surface area contributed by atoms with Crippen molar-refractivity contribution in [1.82, 2.24) is 15.3 Å². The fourth-order valence-electron chi connectivity index (χ4n) is 3.19. The molecule has 0 unspecified atom stereocenters. The van der Waals surface area contributed by atoms with E-state index >= 15 is 0 Å². The second-order valence-corrected chi connectivity index (χ2v) is 6.25. The number of ether oxygens (including phenoxy) is 1. The van der Waals surface area contributed by atoms with Crippen LogP contribution in [0.25, 0.3) is 0 Å². The van der Waals surface area contributed by atoms with Crippen LogP contribution in [-0.4, -0.2) is 48.7 Å². The number of hydrogen-bond acceptors (Lipinski definition) is 6. The van der Waals surface area contributed by atoms with Crippen LogP contribution in [0.5, 0.6) is 5.75 Å². The fourth-order valence-corrected chi connectivity index (χ4v) is 3.19.